The Bertz CT molecular complexity index is 354. The Morgan fingerprint density at radius 1 is 1.62 bits per heavy atom. The third kappa shape index (κ3) is 4.45. The van der Waals surface area contributed by atoms with Crippen LogP contribution in [0.4, 0.5) is 0 Å². The minimum Gasteiger partial charge on any atom is -0.345 e. The summed E-state index contributed by atoms with van der Waals surface area (Å²) >= 11 is 1.73. The fourth-order valence-electron chi connectivity index (χ4n) is 1.40. The summed E-state index contributed by atoms with van der Waals surface area (Å²) in [5.41, 5.74) is 0. The van der Waals surface area contributed by atoms with Gasteiger partial charge in [0.05, 0.1) is 12.5 Å². The molecule has 0 aromatic carbocycles. The molecule has 16 heavy (non-hydrogen) atoms. The number of thiophene rings is 1. The van der Waals surface area contributed by atoms with Crippen molar-refractivity contribution in [3.05, 3.63) is 22.4 Å². The van der Waals surface area contributed by atoms with E-state index in [1.807, 2.05) is 12.1 Å². The summed E-state index contributed by atoms with van der Waals surface area (Å²) in [6.07, 6.45) is 2.83. The molecule has 0 fully saturated rings. The Labute approximate surface area is 100 Å². The maximum atomic E-state index is 11.6. The van der Waals surface area contributed by atoms with E-state index in [9.17, 15) is 4.79 Å². The molecule has 0 bridgehead atoms. The number of hydrogen-bond donors (Lipinski definition) is 0. The molecule has 0 saturated heterocycles. The number of hydrogen-bond acceptors (Lipinski definition) is 3. The first-order chi connectivity index (χ1) is 7.74. The lowest BCUT2D eigenvalue weighted by atomic mass is 10.2. The molecule has 0 radical (unpaired) electrons. The maximum Gasteiger partial charge on any atom is 0.222 e. The third-order valence-corrected chi connectivity index (χ3v) is 3.31. The number of nitrogens with zero attached hydrogens (tertiary/aromatic N) is 2. The van der Waals surface area contributed by atoms with Gasteiger partial charge in [-0.15, -0.1) is 11.3 Å². The second kappa shape index (κ2) is 7.02. The zero-order chi connectivity index (χ0) is 11.8. The van der Waals surface area contributed by atoms with Crippen LogP contribution in [0.25, 0.3) is 0 Å². The summed E-state index contributed by atoms with van der Waals surface area (Å²) in [6, 6.07) is 6.16. The van der Waals surface area contributed by atoms with Gasteiger partial charge in [0.2, 0.25) is 5.91 Å². The number of nitriles is 1. The van der Waals surface area contributed by atoms with Gasteiger partial charge in [0.25, 0.3) is 0 Å². The highest BCUT2D eigenvalue weighted by atomic mass is 32.1. The molecule has 0 spiro atoms. The lowest BCUT2D eigenvalue weighted by Crippen LogP contribution is -2.27. The van der Waals surface area contributed by atoms with E-state index in [-0.39, 0.29) is 5.91 Å². The molecule has 0 saturated carbocycles. The van der Waals surface area contributed by atoms with Crippen molar-refractivity contribution < 1.29 is 4.79 Å². The van der Waals surface area contributed by atoms with Crippen LogP contribution in [0.15, 0.2) is 17.5 Å². The molecule has 0 aliphatic rings. The molecule has 1 amide bonds. The SMILES string of the molecule is CN(CCC#N)C(=O)CCCc1cccs1. The first-order valence-corrected chi connectivity index (χ1v) is 6.25. The zero-order valence-electron chi connectivity index (χ0n) is 9.48. The highest BCUT2D eigenvalue weighted by molar-refractivity contribution is 7.09. The molecule has 1 aromatic heterocycles. The minimum absolute atomic E-state index is 0.131. The molecule has 0 aliphatic heterocycles. The third-order valence-electron chi connectivity index (χ3n) is 2.38. The molecule has 1 aromatic rings. The monoisotopic (exact) mass is 236 g/mol. The number of aryl methyl sites for hydroxylation is 1. The quantitative estimate of drug-likeness (QED) is 0.761. The van der Waals surface area contributed by atoms with Gasteiger partial charge in [-0.1, -0.05) is 6.07 Å². The molecular formula is C12H16N2OS. The van der Waals surface area contributed by atoms with E-state index in [0.29, 0.717) is 19.4 Å². The van der Waals surface area contributed by atoms with Crippen LogP contribution < -0.4 is 0 Å². The van der Waals surface area contributed by atoms with E-state index in [4.69, 9.17) is 5.26 Å². The lowest BCUT2D eigenvalue weighted by Gasteiger charge is -2.14. The van der Waals surface area contributed by atoms with Gasteiger partial charge in [-0.2, -0.15) is 5.26 Å². The van der Waals surface area contributed by atoms with E-state index in [0.717, 1.165) is 12.8 Å². The molecule has 1 heterocycles. The Balaban J connectivity index is 2.17. The van der Waals surface area contributed by atoms with Crippen LogP contribution in [0.1, 0.15) is 24.1 Å². The zero-order valence-corrected chi connectivity index (χ0v) is 10.3. The van der Waals surface area contributed by atoms with E-state index in [2.05, 4.69) is 11.4 Å². The largest absolute Gasteiger partial charge is 0.345 e. The highest BCUT2D eigenvalue weighted by Gasteiger charge is 2.07. The van der Waals surface area contributed by atoms with E-state index in [1.165, 1.54) is 4.88 Å². The molecule has 0 N–H and O–H groups in total. The molecule has 0 aliphatic carbocycles. The predicted molar refractivity (Wildman–Crippen MR) is 65.1 cm³/mol. The van der Waals surface area contributed by atoms with Crippen LogP contribution in [0.3, 0.4) is 0 Å². The Kier molecular flexibility index (Phi) is 5.58. The summed E-state index contributed by atoms with van der Waals surface area (Å²) in [4.78, 5) is 14.6. The van der Waals surface area contributed by atoms with Crippen molar-refractivity contribution in [3.8, 4) is 6.07 Å². The number of carbonyl (C=O) groups is 1. The van der Waals surface area contributed by atoms with Crippen molar-refractivity contribution in [2.75, 3.05) is 13.6 Å². The van der Waals surface area contributed by atoms with Crippen molar-refractivity contribution in [1.29, 1.82) is 5.26 Å². The Hall–Kier alpha value is -1.34. The maximum absolute atomic E-state index is 11.6. The standard InChI is InChI=1S/C12H16N2OS/c1-14(9-4-8-13)12(15)7-2-5-11-6-3-10-16-11/h3,6,10H,2,4-5,7,9H2,1H3. The smallest absolute Gasteiger partial charge is 0.222 e. The average molecular weight is 236 g/mol. The van der Waals surface area contributed by atoms with Crippen LogP contribution in [0, 0.1) is 11.3 Å². The van der Waals surface area contributed by atoms with Gasteiger partial charge in [0.1, 0.15) is 0 Å². The summed E-state index contributed by atoms with van der Waals surface area (Å²) in [5.74, 6) is 0.131. The predicted octanol–water partition coefficient (Wildman–Crippen LogP) is 2.44. The van der Waals surface area contributed by atoms with Crippen molar-refractivity contribution in [3.63, 3.8) is 0 Å². The van der Waals surface area contributed by atoms with Crippen molar-refractivity contribution in [1.82, 2.24) is 4.90 Å². The van der Waals surface area contributed by atoms with Gasteiger partial charge in [-0.25, -0.2) is 0 Å². The van der Waals surface area contributed by atoms with E-state index < -0.39 is 0 Å². The van der Waals surface area contributed by atoms with Gasteiger partial charge < -0.3 is 4.90 Å². The summed E-state index contributed by atoms with van der Waals surface area (Å²) in [5, 5.41) is 10.5. The van der Waals surface area contributed by atoms with E-state index >= 15 is 0 Å². The van der Waals surface area contributed by atoms with Gasteiger partial charge in [-0.3, -0.25) is 4.79 Å². The second-order valence-electron chi connectivity index (χ2n) is 3.66. The fraction of sp³-hybridized carbons (Fsp3) is 0.500. The first kappa shape index (κ1) is 12.7. The summed E-state index contributed by atoms with van der Waals surface area (Å²) in [6.45, 7) is 0.536. The number of carbonyl (C=O) groups excluding carboxylic acids is 1. The highest BCUT2D eigenvalue weighted by Crippen LogP contribution is 2.12. The molecule has 86 valence electrons. The topological polar surface area (TPSA) is 44.1 Å². The summed E-state index contributed by atoms with van der Waals surface area (Å²) in [7, 11) is 1.75. The van der Waals surface area contributed by atoms with E-state index in [1.54, 1.807) is 23.3 Å². The van der Waals surface area contributed by atoms with Crippen LogP contribution in [-0.2, 0) is 11.2 Å². The average Bonchev–Trinajstić information content (AvgIpc) is 2.78. The van der Waals surface area contributed by atoms with Crippen molar-refractivity contribution in [2.45, 2.75) is 25.7 Å². The van der Waals surface area contributed by atoms with Crippen molar-refractivity contribution >= 4 is 17.2 Å². The minimum atomic E-state index is 0.131. The molecule has 0 unspecified atom stereocenters. The molecule has 3 nitrogen and oxygen atoms in total. The molecule has 4 heteroatoms. The Morgan fingerprint density at radius 3 is 3.06 bits per heavy atom. The van der Waals surface area contributed by atoms with Crippen LogP contribution >= 0.6 is 11.3 Å². The summed E-state index contributed by atoms with van der Waals surface area (Å²) < 4.78 is 0. The van der Waals surface area contributed by atoms with Crippen LogP contribution in [0.2, 0.25) is 0 Å². The Morgan fingerprint density at radius 2 is 2.44 bits per heavy atom. The second-order valence-corrected chi connectivity index (χ2v) is 4.69. The molecule has 0 atom stereocenters. The fourth-order valence-corrected chi connectivity index (χ4v) is 2.15. The normalized spacial score (nSPS) is 9.75. The lowest BCUT2D eigenvalue weighted by molar-refractivity contribution is -0.129. The number of rotatable bonds is 6. The van der Waals surface area contributed by atoms with Gasteiger partial charge in [0.15, 0.2) is 0 Å². The van der Waals surface area contributed by atoms with Crippen LogP contribution in [0.5, 0.6) is 0 Å². The van der Waals surface area contributed by atoms with Crippen molar-refractivity contribution in [2.24, 2.45) is 0 Å². The van der Waals surface area contributed by atoms with Crippen LogP contribution in [-0.4, -0.2) is 24.4 Å². The molecular weight excluding hydrogens is 220 g/mol. The van der Waals surface area contributed by atoms with Gasteiger partial charge in [-0.05, 0) is 24.3 Å². The first-order valence-electron chi connectivity index (χ1n) is 5.37. The van der Waals surface area contributed by atoms with Gasteiger partial charge >= 0.3 is 0 Å². The van der Waals surface area contributed by atoms with Gasteiger partial charge in [0, 0.05) is 24.9 Å². The number of amides is 1. The molecule has 1 rings (SSSR count).